The van der Waals surface area contributed by atoms with Crippen molar-refractivity contribution in [2.75, 3.05) is 12.4 Å². The number of pyridine rings is 1. The number of aromatic nitrogens is 1. The van der Waals surface area contributed by atoms with Gasteiger partial charge >= 0.3 is 0 Å². The number of anilines is 1. The fraction of sp³-hybridized carbons (Fsp3) is 0.143. The average molecular weight is 332 g/mol. The molecule has 0 radical (unpaired) electrons. The van der Waals surface area contributed by atoms with Crippen molar-refractivity contribution < 1.29 is 9.53 Å². The Kier molecular flexibility index (Phi) is 5.42. The molecule has 0 aliphatic rings. The molecule has 2 aromatic carbocycles. The maximum Gasteiger partial charge on any atom is 0.225 e. The van der Waals surface area contributed by atoms with E-state index < -0.39 is 0 Å². The summed E-state index contributed by atoms with van der Waals surface area (Å²) < 4.78 is 5.19. The Morgan fingerprint density at radius 1 is 1.00 bits per heavy atom. The normalized spacial score (nSPS) is 10.3. The number of hydrogen-bond donors (Lipinski definition) is 1. The second-order valence-corrected chi connectivity index (χ2v) is 5.70. The molecule has 1 N–H and O–H groups in total. The topological polar surface area (TPSA) is 51.2 Å². The van der Waals surface area contributed by atoms with Gasteiger partial charge in [0, 0.05) is 18.2 Å². The Morgan fingerprint density at radius 3 is 2.56 bits per heavy atom. The van der Waals surface area contributed by atoms with E-state index in [1.807, 2.05) is 66.7 Å². The van der Waals surface area contributed by atoms with Gasteiger partial charge in [-0.25, -0.2) is 4.98 Å². The van der Waals surface area contributed by atoms with Crippen molar-refractivity contribution in [1.82, 2.24) is 4.98 Å². The second kappa shape index (κ2) is 8.11. The standard InChI is InChI=1S/C21H20N2O2/c1-25-19-9-5-6-16(14-19)10-13-21(24)23-20-12-11-18(15-22-20)17-7-3-2-4-8-17/h2-9,11-12,14-15H,10,13H2,1H3,(H,22,23,24). The van der Waals surface area contributed by atoms with Crippen LogP contribution in [0.25, 0.3) is 11.1 Å². The van der Waals surface area contributed by atoms with Gasteiger partial charge in [-0.05, 0) is 41.8 Å². The molecule has 4 heteroatoms. The van der Waals surface area contributed by atoms with Gasteiger partial charge in [0.2, 0.25) is 5.91 Å². The van der Waals surface area contributed by atoms with Crippen LogP contribution in [-0.4, -0.2) is 18.0 Å². The number of rotatable bonds is 6. The summed E-state index contributed by atoms with van der Waals surface area (Å²) in [5.41, 5.74) is 3.20. The van der Waals surface area contributed by atoms with Gasteiger partial charge in [-0.3, -0.25) is 4.79 Å². The molecule has 3 aromatic rings. The van der Waals surface area contributed by atoms with Crippen molar-refractivity contribution in [2.24, 2.45) is 0 Å². The Hall–Kier alpha value is -3.14. The van der Waals surface area contributed by atoms with Gasteiger partial charge in [-0.1, -0.05) is 42.5 Å². The summed E-state index contributed by atoms with van der Waals surface area (Å²) in [5, 5.41) is 2.84. The van der Waals surface area contributed by atoms with Crippen LogP contribution in [0.2, 0.25) is 0 Å². The van der Waals surface area contributed by atoms with Gasteiger partial charge in [-0.2, -0.15) is 0 Å². The van der Waals surface area contributed by atoms with Crippen LogP contribution in [0.3, 0.4) is 0 Å². The van der Waals surface area contributed by atoms with Crippen LogP contribution in [0.1, 0.15) is 12.0 Å². The molecular weight excluding hydrogens is 312 g/mol. The smallest absolute Gasteiger partial charge is 0.225 e. The maximum absolute atomic E-state index is 12.1. The highest BCUT2D eigenvalue weighted by Crippen LogP contribution is 2.19. The molecular formula is C21H20N2O2. The predicted molar refractivity (Wildman–Crippen MR) is 99.6 cm³/mol. The Labute approximate surface area is 147 Å². The van der Waals surface area contributed by atoms with Crippen molar-refractivity contribution in [3.8, 4) is 16.9 Å². The van der Waals surface area contributed by atoms with Gasteiger partial charge < -0.3 is 10.1 Å². The molecule has 126 valence electrons. The lowest BCUT2D eigenvalue weighted by Crippen LogP contribution is -2.13. The Bertz CT molecular complexity index is 830. The minimum atomic E-state index is -0.0530. The van der Waals surface area contributed by atoms with Crippen LogP contribution in [0.15, 0.2) is 72.9 Å². The fourth-order valence-electron chi connectivity index (χ4n) is 2.56. The van der Waals surface area contributed by atoms with E-state index in [0.717, 1.165) is 22.4 Å². The number of ether oxygens (including phenoxy) is 1. The van der Waals surface area contributed by atoms with Crippen LogP contribution in [0.5, 0.6) is 5.75 Å². The first kappa shape index (κ1) is 16.7. The molecule has 3 rings (SSSR count). The van der Waals surface area contributed by atoms with Crippen molar-refractivity contribution >= 4 is 11.7 Å². The molecule has 1 heterocycles. The second-order valence-electron chi connectivity index (χ2n) is 5.70. The third kappa shape index (κ3) is 4.67. The number of nitrogens with zero attached hydrogens (tertiary/aromatic N) is 1. The van der Waals surface area contributed by atoms with Crippen molar-refractivity contribution in [3.63, 3.8) is 0 Å². The number of nitrogens with one attached hydrogen (secondary N) is 1. The number of hydrogen-bond acceptors (Lipinski definition) is 3. The molecule has 0 spiro atoms. The number of methoxy groups -OCH3 is 1. The highest BCUT2D eigenvalue weighted by atomic mass is 16.5. The van der Waals surface area contributed by atoms with Gasteiger partial charge in [-0.15, -0.1) is 0 Å². The number of carbonyl (C=O) groups excluding carboxylic acids is 1. The Balaban J connectivity index is 1.56. The third-order valence-corrected chi connectivity index (χ3v) is 3.91. The highest BCUT2D eigenvalue weighted by Gasteiger charge is 2.05. The number of aryl methyl sites for hydroxylation is 1. The summed E-state index contributed by atoms with van der Waals surface area (Å²) >= 11 is 0. The van der Waals surface area contributed by atoms with E-state index in [9.17, 15) is 4.79 Å². The molecule has 0 fully saturated rings. The van der Waals surface area contributed by atoms with Crippen molar-refractivity contribution in [1.29, 1.82) is 0 Å². The largest absolute Gasteiger partial charge is 0.497 e. The molecule has 0 bridgehead atoms. The first-order valence-corrected chi connectivity index (χ1v) is 8.19. The van der Waals surface area contributed by atoms with Gasteiger partial charge in [0.15, 0.2) is 0 Å². The molecule has 0 saturated heterocycles. The van der Waals surface area contributed by atoms with E-state index in [4.69, 9.17) is 4.74 Å². The van der Waals surface area contributed by atoms with E-state index in [2.05, 4.69) is 10.3 Å². The van der Waals surface area contributed by atoms with Crippen LogP contribution in [0.4, 0.5) is 5.82 Å². The van der Waals surface area contributed by atoms with E-state index >= 15 is 0 Å². The summed E-state index contributed by atoms with van der Waals surface area (Å²) in [4.78, 5) is 16.4. The average Bonchev–Trinajstić information content (AvgIpc) is 2.68. The molecule has 1 aromatic heterocycles. The summed E-state index contributed by atoms with van der Waals surface area (Å²) in [5.74, 6) is 1.31. The van der Waals surface area contributed by atoms with E-state index in [0.29, 0.717) is 18.7 Å². The molecule has 1 amide bonds. The van der Waals surface area contributed by atoms with Crippen LogP contribution in [-0.2, 0) is 11.2 Å². The molecule has 25 heavy (non-hydrogen) atoms. The molecule has 4 nitrogen and oxygen atoms in total. The first-order chi connectivity index (χ1) is 12.2. The number of carbonyl (C=O) groups is 1. The lowest BCUT2D eigenvalue weighted by atomic mass is 10.1. The number of amides is 1. The monoisotopic (exact) mass is 332 g/mol. The highest BCUT2D eigenvalue weighted by molar-refractivity contribution is 5.90. The first-order valence-electron chi connectivity index (χ1n) is 8.19. The molecule has 0 saturated carbocycles. The lowest BCUT2D eigenvalue weighted by Gasteiger charge is -2.07. The zero-order valence-electron chi connectivity index (χ0n) is 14.1. The summed E-state index contributed by atoms with van der Waals surface area (Å²) in [6.45, 7) is 0. The fourth-order valence-corrected chi connectivity index (χ4v) is 2.56. The minimum Gasteiger partial charge on any atom is -0.497 e. The van der Waals surface area contributed by atoms with Crippen molar-refractivity contribution in [2.45, 2.75) is 12.8 Å². The Morgan fingerprint density at radius 2 is 1.84 bits per heavy atom. The molecule has 0 aliphatic carbocycles. The third-order valence-electron chi connectivity index (χ3n) is 3.91. The minimum absolute atomic E-state index is 0.0530. The number of benzene rings is 2. The summed E-state index contributed by atoms with van der Waals surface area (Å²) in [6, 6.07) is 21.6. The van der Waals surface area contributed by atoms with Crippen molar-refractivity contribution in [3.05, 3.63) is 78.5 Å². The zero-order chi connectivity index (χ0) is 17.5. The SMILES string of the molecule is COc1cccc(CCC(=O)Nc2ccc(-c3ccccc3)cn2)c1. The zero-order valence-corrected chi connectivity index (χ0v) is 14.1. The van der Waals surface area contributed by atoms with E-state index in [1.165, 1.54) is 0 Å². The van der Waals surface area contributed by atoms with E-state index in [-0.39, 0.29) is 5.91 Å². The maximum atomic E-state index is 12.1. The van der Waals surface area contributed by atoms with Crippen LogP contribution in [0, 0.1) is 0 Å². The molecule has 0 aliphatic heterocycles. The molecule has 0 atom stereocenters. The van der Waals surface area contributed by atoms with Crippen LogP contribution < -0.4 is 10.1 Å². The van der Waals surface area contributed by atoms with E-state index in [1.54, 1.807) is 13.3 Å². The van der Waals surface area contributed by atoms with Gasteiger partial charge in [0.25, 0.3) is 0 Å². The lowest BCUT2D eigenvalue weighted by molar-refractivity contribution is -0.116. The summed E-state index contributed by atoms with van der Waals surface area (Å²) in [6.07, 6.45) is 2.83. The quantitative estimate of drug-likeness (QED) is 0.731. The van der Waals surface area contributed by atoms with Gasteiger partial charge in [0.05, 0.1) is 7.11 Å². The summed E-state index contributed by atoms with van der Waals surface area (Å²) in [7, 11) is 1.64. The van der Waals surface area contributed by atoms with Gasteiger partial charge in [0.1, 0.15) is 11.6 Å². The molecule has 0 unspecified atom stereocenters. The van der Waals surface area contributed by atoms with Crippen LogP contribution >= 0.6 is 0 Å². The predicted octanol–water partition coefficient (Wildman–Crippen LogP) is 4.33.